The third-order valence-electron chi connectivity index (χ3n) is 3.00. The molecule has 1 saturated heterocycles. The summed E-state index contributed by atoms with van der Waals surface area (Å²) in [6, 6.07) is 3.24. The number of morpholine rings is 1. The van der Waals surface area contributed by atoms with E-state index in [2.05, 4.69) is 9.88 Å². The van der Waals surface area contributed by atoms with Gasteiger partial charge in [-0.05, 0) is 12.1 Å². The van der Waals surface area contributed by atoms with Gasteiger partial charge in [0.2, 0.25) is 0 Å². The van der Waals surface area contributed by atoms with Crippen molar-refractivity contribution in [2.45, 2.75) is 6.42 Å². The van der Waals surface area contributed by atoms with E-state index in [4.69, 9.17) is 15.6 Å². The topological polar surface area (TPSA) is 88.7 Å². The van der Waals surface area contributed by atoms with Crippen molar-refractivity contribution in [1.29, 1.82) is 0 Å². The third kappa shape index (κ3) is 3.18. The van der Waals surface area contributed by atoms with Crippen LogP contribution in [0.4, 0.5) is 5.82 Å². The van der Waals surface area contributed by atoms with E-state index in [0.717, 1.165) is 45.0 Å². The Morgan fingerprint density at radius 3 is 2.78 bits per heavy atom. The van der Waals surface area contributed by atoms with Crippen LogP contribution < -0.4 is 5.73 Å². The number of anilines is 1. The van der Waals surface area contributed by atoms with Crippen molar-refractivity contribution in [3.05, 3.63) is 23.4 Å². The Kier molecular flexibility index (Phi) is 4.11. The van der Waals surface area contributed by atoms with Crippen molar-refractivity contribution in [1.82, 2.24) is 9.88 Å². The summed E-state index contributed by atoms with van der Waals surface area (Å²) in [5.74, 6) is -0.957. The summed E-state index contributed by atoms with van der Waals surface area (Å²) in [5, 5.41) is 8.85. The number of nitrogens with zero attached hydrogens (tertiary/aromatic N) is 2. The van der Waals surface area contributed by atoms with E-state index in [1.54, 1.807) is 6.07 Å². The highest BCUT2D eigenvalue weighted by Gasteiger charge is 2.12. The van der Waals surface area contributed by atoms with Crippen molar-refractivity contribution >= 4 is 11.8 Å². The number of aromatic nitrogens is 1. The van der Waals surface area contributed by atoms with Gasteiger partial charge in [0.25, 0.3) is 0 Å². The number of pyridine rings is 1. The number of hydrogen-bond donors (Lipinski definition) is 2. The van der Waals surface area contributed by atoms with Gasteiger partial charge in [-0.15, -0.1) is 0 Å². The summed E-state index contributed by atoms with van der Waals surface area (Å²) < 4.78 is 5.27. The van der Waals surface area contributed by atoms with E-state index in [1.165, 1.54) is 6.07 Å². The first-order chi connectivity index (χ1) is 8.66. The molecule has 0 aromatic carbocycles. The average molecular weight is 251 g/mol. The van der Waals surface area contributed by atoms with Crippen molar-refractivity contribution in [2.24, 2.45) is 0 Å². The molecule has 0 unspecified atom stereocenters. The second-order valence-corrected chi connectivity index (χ2v) is 4.24. The van der Waals surface area contributed by atoms with E-state index < -0.39 is 5.97 Å². The van der Waals surface area contributed by atoms with Crippen molar-refractivity contribution in [3.8, 4) is 0 Å². The fourth-order valence-electron chi connectivity index (χ4n) is 1.93. The molecule has 3 N–H and O–H groups in total. The van der Waals surface area contributed by atoms with E-state index in [1.807, 2.05) is 0 Å². The number of carbonyl (C=O) groups is 1. The second kappa shape index (κ2) is 5.79. The molecule has 6 heteroatoms. The zero-order valence-electron chi connectivity index (χ0n) is 10.1. The zero-order chi connectivity index (χ0) is 13.0. The molecule has 0 spiro atoms. The van der Waals surface area contributed by atoms with Crippen LogP contribution in [0.2, 0.25) is 0 Å². The number of rotatable bonds is 4. The highest BCUT2D eigenvalue weighted by Crippen LogP contribution is 2.11. The maximum atomic E-state index is 10.8. The number of ether oxygens (including phenoxy) is 1. The maximum absolute atomic E-state index is 10.8. The van der Waals surface area contributed by atoms with Gasteiger partial charge >= 0.3 is 5.97 Å². The molecule has 1 aromatic rings. The monoisotopic (exact) mass is 251 g/mol. The lowest BCUT2D eigenvalue weighted by Gasteiger charge is -2.26. The van der Waals surface area contributed by atoms with Crippen LogP contribution in [0, 0.1) is 0 Å². The molecule has 1 aromatic heterocycles. The van der Waals surface area contributed by atoms with Crippen molar-refractivity contribution in [3.63, 3.8) is 0 Å². The minimum Gasteiger partial charge on any atom is -0.478 e. The minimum absolute atomic E-state index is 0.0603. The lowest BCUT2D eigenvalue weighted by Crippen LogP contribution is -2.37. The van der Waals surface area contributed by atoms with Crippen LogP contribution in [0.1, 0.15) is 16.1 Å². The smallest absolute Gasteiger partial charge is 0.339 e. The Balaban J connectivity index is 1.93. The Labute approximate surface area is 105 Å². The first-order valence-corrected chi connectivity index (χ1v) is 5.95. The van der Waals surface area contributed by atoms with Gasteiger partial charge in [-0.1, -0.05) is 0 Å². The van der Waals surface area contributed by atoms with E-state index in [9.17, 15) is 4.79 Å². The number of nitrogen functional groups attached to an aromatic ring is 1. The highest BCUT2D eigenvalue weighted by atomic mass is 16.5. The van der Waals surface area contributed by atoms with E-state index in [0.29, 0.717) is 0 Å². The number of carboxylic acid groups (broad SMARTS) is 1. The number of aromatic carboxylic acids is 1. The predicted octanol–water partition coefficient (Wildman–Crippen LogP) is 0.237. The molecule has 0 amide bonds. The molecule has 2 rings (SSSR count). The fraction of sp³-hybridized carbons (Fsp3) is 0.500. The van der Waals surface area contributed by atoms with Crippen LogP contribution in [0.15, 0.2) is 12.1 Å². The van der Waals surface area contributed by atoms with Crippen LogP contribution in [0.5, 0.6) is 0 Å². The summed E-state index contributed by atoms with van der Waals surface area (Å²) in [5.41, 5.74) is 6.49. The van der Waals surface area contributed by atoms with Gasteiger partial charge in [0.1, 0.15) is 11.4 Å². The number of carboxylic acids is 1. The summed E-state index contributed by atoms with van der Waals surface area (Å²) in [7, 11) is 0. The molecule has 1 fully saturated rings. The number of hydrogen-bond acceptors (Lipinski definition) is 5. The molecule has 0 radical (unpaired) electrons. The molecular formula is C12H17N3O3. The van der Waals surface area contributed by atoms with Gasteiger partial charge in [0, 0.05) is 31.7 Å². The molecule has 98 valence electrons. The first-order valence-electron chi connectivity index (χ1n) is 5.95. The van der Waals surface area contributed by atoms with E-state index >= 15 is 0 Å². The Hall–Kier alpha value is -1.66. The van der Waals surface area contributed by atoms with Gasteiger partial charge in [-0.2, -0.15) is 0 Å². The lowest BCUT2D eigenvalue weighted by atomic mass is 10.2. The SMILES string of the molecule is Nc1nc(CCN2CCOCC2)ccc1C(=O)O. The Morgan fingerprint density at radius 1 is 1.44 bits per heavy atom. The molecule has 0 bridgehead atoms. The van der Waals surface area contributed by atoms with Crippen molar-refractivity contribution < 1.29 is 14.6 Å². The lowest BCUT2D eigenvalue weighted by molar-refractivity contribution is 0.0383. The molecule has 18 heavy (non-hydrogen) atoms. The average Bonchev–Trinajstić information content (AvgIpc) is 2.37. The highest BCUT2D eigenvalue weighted by molar-refractivity contribution is 5.92. The Morgan fingerprint density at radius 2 is 2.17 bits per heavy atom. The van der Waals surface area contributed by atoms with Crippen LogP contribution in [0.3, 0.4) is 0 Å². The normalized spacial score (nSPS) is 16.7. The zero-order valence-corrected chi connectivity index (χ0v) is 10.1. The van der Waals surface area contributed by atoms with Gasteiger partial charge in [-0.25, -0.2) is 9.78 Å². The summed E-state index contributed by atoms with van der Waals surface area (Å²) in [4.78, 5) is 17.2. The first kappa shape index (κ1) is 12.8. The van der Waals surface area contributed by atoms with Gasteiger partial charge in [0.15, 0.2) is 0 Å². The maximum Gasteiger partial charge on any atom is 0.339 e. The summed E-state index contributed by atoms with van der Waals surface area (Å²) in [6.45, 7) is 4.30. The van der Waals surface area contributed by atoms with Crippen LogP contribution >= 0.6 is 0 Å². The van der Waals surface area contributed by atoms with Crippen LogP contribution in [0.25, 0.3) is 0 Å². The largest absolute Gasteiger partial charge is 0.478 e. The molecule has 1 aliphatic heterocycles. The summed E-state index contributed by atoms with van der Waals surface area (Å²) >= 11 is 0. The van der Waals surface area contributed by atoms with Crippen molar-refractivity contribution in [2.75, 3.05) is 38.6 Å². The van der Waals surface area contributed by atoms with E-state index in [-0.39, 0.29) is 11.4 Å². The molecular weight excluding hydrogens is 234 g/mol. The van der Waals surface area contributed by atoms with Gasteiger partial charge in [0.05, 0.1) is 13.2 Å². The molecule has 2 heterocycles. The fourth-order valence-corrected chi connectivity index (χ4v) is 1.93. The third-order valence-corrected chi connectivity index (χ3v) is 3.00. The molecule has 0 aliphatic carbocycles. The molecule has 0 saturated carbocycles. The second-order valence-electron chi connectivity index (χ2n) is 4.24. The molecule has 6 nitrogen and oxygen atoms in total. The molecule has 0 atom stereocenters. The summed E-state index contributed by atoms with van der Waals surface area (Å²) in [6.07, 6.45) is 0.768. The van der Waals surface area contributed by atoms with Crippen LogP contribution in [-0.2, 0) is 11.2 Å². The van der Waals surface area contributed by atoms with Crippen LogP contribution in [-0.4, -0.2) is 53.8 Å². The standard InChI is InChI=1S/C12H17N3O3/c13-11-10(12(16)17)2-1-9(14-11)3-4-15-5-7-18-8-6-15/h1-2H,3-8H2,(H2,13,14)(H,16,17). The van der Waals surface area contributed by atoms with Gasteiger partial charge < -0.3 is 15.6 Å². The molecule has 1 aliphatic rings. The number of nitrogens with two attached hydrogens (primary N) is 1. The quantitative estimate of drug-likeness (QED) is 0.796. The van der Waals surface area contributed by atoms with Gasteiger partial charge in [-0.3, -0.25) is 4.90 Å². The Bertz CT molecular complexity index is 431. The predicted molar refractivity (Wildman–Crippen MR) is 66.6 cm³/mol. The minimum atomic E-state index is -1.04.